The van der Waals surface area contributed by atoms with Gasteiger partial charge in [0.15, 0.2) is 0 Å². The van der Waals surface area contributed by atoms with Crippen LogP contribution in [0.25, 0.3) is 0 Å². The van der Waals surface area contributed by atoms with Crippen molar-refractivity contribution in [3.8, 4) is 0 Å². The summed E-state index contributed by atoms with van der Waals surface area (Å²) in [6, 6.07) is 19.8. The molecule has 100 valence electrons. The van der Waals surface area contributed by atoms with Crippen LogP contribution in [-0.4, -0.2) is 7.05 Å². The van der Waals surface area contributed by atoms with Gasteiger partial charge in [0.2, 0.25) is 0 Å². The van der Waals surface area contributed by atoms with E-state index in [-0.39, 0.29) is 6.04 Å². The largest absolute Gasteiger partial charge is 0.309 e. The van der Waals surface area contributed by atoms with Gasteiger partial charge in [-0.1, -0.05) is 68.4 Å². The van der Waals surface area contributed by atoms with Gasteiger partial charge < -0.3 is 5.32 Å². The summed E-state index contributed by atoms with van der Waals surface area (Å²) in [5.41, 5.74) is 4.07. The Bertz CT molecular complexity index is 502. The standard InChI is InChI=1S/C18H23N/c1-14(2)12-15-8-7-11-17(13-15)18(19-3)16-9-5-4-6-10-16/h4-11,13-14,18-19H,12H2,1-3H3. The summed E-state index contributed by atoms with van der Waals surface area (Å²) in [6.07, 6.45) is 1.14. The van der Waals surface area contributed by atoms with E-state index in [9.17, 15) is 0 Å². The molecule has 0 amide bonds. The Morgan fingerprint density at radius 1 is 0.895 bits per heavy atom. The Kier molecular flexibility index (Phi) is 4.75. The van der Waals surface area contributed by atoms with Crippen LogP contribution < -0.4 is 5.32 Å². The molecular formula is C18H23N. The maximum Gasteiger partial charge on any atom is 0.0574 e. The van der Waals surface area contributed by atoms with Gasteiger partial charge in [-0.05, 0) is 36.1 Å². The highest BCUT2D eigenvalue weighted by Crippen LogP contribution is 2.23. The Hall–Kier alpha value is -1.60. The molecular weight excluding hydrogens is 230 g/mol. The van der Waals surface area contributed by atoms with Crippen LogP contribution in [0.1, 0.15) is 36.6 Å². The predicted octanol–water partition coefficient (Wildman–Crippen LogP) is 4.19. The molecule has 1 heteroatoms. The molecule has 0 saturated heterocycles. The fourth-order valence-corrected chi connectivity index (χ4v) is 2.54. The Labute approximate surface area is 116 Å². The molecule has 1 unspecified atom stereocenters. The van der Waals surface area contributed by atoms with Gasteiger partial charge in [-0.3, -0.25) is 0 Å². The van der Waals surface area contributed by atoms with Gasteiger partial charge in [0.1, 0.15) is 0 Å². The van der Waals surface area contributed by atoms with Crippen LogP contribution in [0, 0.1) is 5.92 Å². The molecule has 1 nitrogen and oxygen atoms in total. The molecule has 0 saturated carbocycles. The summed E-state index contributed by atoms with van der Waals surface area (Å²) in [6.45, 7) is 4.53. The predicted molar refractivity (Wildman–Crippen MR) is 82.3 cm³/mol. The monoisotopic (exact) mass is 253 g/mol. The van der Waals surface area contributed by atoms with Crippen LogP contribution in [0.2, 0.25) is 0 Å². The number of hydrogen-bond donors (Lipinski definition) is 1. The van der Waals surface area contributed by atoms with E-state index in [2.05, 4.69) is 73.8 Å². The van der Waals surface area contributed by atoms with E-state index in [1.807, 2.05) is 7.05 Å². The van der Waals surface area contributed by atoms with E-state index in [4.69, 9.17) is 0 Å². The van der Waals surface area contributed by atoms with Crippen molar-refractivity contribution >= 4 is 0 Å². The average Bonchev–Trinajstić information content (AvgIpc) is 2.40. The van der Waals surface area contributed by atoms with E-state index < -0.39 is 0 Å². The summed E-state index contributed by atoms with van der Waals surface area (Å²) in [5, 5.41) is 3.42. The quantitative estimate of drug-likeness (QED) is 0.842. The maximum absolute atomic E-state index is 3.42. The van der Waals surface area contributed by atoms with Crippen molar-refractivity contribution in [1.82, 2.24) is 5.32 Å². The number of benzene rings is 2. The number of nitrogens with one attached hydrogen (secondary N) is 1. The zero-order valence-electron chi connectivity index (χ0n) is 12.1. The zero-order chi connectivity index (χ0) is 13.7. The van der Waals surface area contributed by atoms with Crippen LogP contribution in [-0.2, 0) is 6.42 Å². The highest BCUT2D eigenvalue weighted by molar-refractivity contribution is 5.34. The minimum absolute atomic E-state index is 0.272. The van der Waals surface area contributed by atoms with Crippen molar-refractivity contribution in [2.75, 3.05) is 7.05 Å². The van der Waals surface area contributed by atoms with Crippen molar-refractivity contribution in [3.05, 3.63) is 71.3 Å². The fraction of sp³-hybridized carbons (Fsp3) is 0.333. The molecule has 0 aliphatic rings. The molecule has 2 aromatic rings. The minimum atomic E-state index is 0.272. The van der Waals surface area contributed by atoms with Crippen LogP contribution in [0.5, 0.6) is 0 Å². The third-order valence-corrected chi connectivity index (χ3v) is 3.35. The van der Waals surface area contributed by atoms with Crippen LogP contribution in [0.4, 0.5) is 0 Å². The Morgan fingerprint density at radius 3 is 2.21 bits per heavy atom. The molecule has 0 aliphatic heterocycles. The smallest absolute Gasteiger partial charge is 0.0574 e. The second kappa shape index (κ2) is 6.53. The van der Waals surface area contributed by atoms with Crippen molar-refractivity contribution < 1.29 is 0 Å². The third kappa shape index (κ3) is 3.68. The summed E-state index contributed by atoms with van der Waals surface area (Å²) >= 11 is 0. The molecule has 0 spiro atoms. The molecule has 1 N–H and O–H groups in total. The zero-order valence-corrected chi connectivity index (χ0v) is 12.1. The van der Waals surface area contributed by atoms with Gasteiger partial charge in [-0.25, -0.2) is 0 Å². The first kappa shape index (κ1) is 13.8. The first-order valence-electron chi connectivity index (χ1n) is 7.01. The van der Waals surface area contributed by atoms with Crippen LogP contribution in [0.3, 0.4) is 0 Å². The highest BCUT2D eigenvalue weighted by atomic mass is 14.9. The summed E-state index contributed by atoms with van der Waals surface area (Å²) in [5.74, 6) is 0.694. The lowest BCUT2D eigenvalue weighted by atomic mass is 9.95. The van der Waals surface area contributed by atoms with Crippen LogP contribution in [0.15, 0.2) is 54.6 Å². The fourth-order valence-electron chi connectivity index (χ4n) is 2.54. The van der Waals surface area contributed by atoms with Gasteiger partial charge in [-0.15, -0.1) is 0 Å². The highest BCUT2D eigenvalue weighted by Gasteiger charge is 2.11. The molecule has 0 bridgehead atoms. The molecule has 19 heavy (non-hydrogen) atoms. The van der Waals surface area contributed by atoms with Gasteiger partial charge in [-0.2, -0.15) is 0 Å². The maximum atomic E-state index is 3.42. The van der Waals surface area contributed by atoms with E-state index in [0.29, 0.717) is 5.92 Å². The Morgan fingerprint density at radius 2 is 1.58 bits per heavy atom. The number of rotatable bonds is 5. The molecule has 2 rings (SSSR count). The van der Waals surface area contributed by atoms with E-state index in [1.54, 1.807) is 0 Å². The summed E-state index contributed by atoms with van der Waals surface area (Å²) in [4.78, 5) is 0. The van der Waals surface area contributed by atoms with Gasteiger partial charge in [0.05, 0.1) is 6.04 Å². The minimum Gasteiger partial charge on any atom is -0.309 e. The van der Waals surface area contributed by atoms with E-state index >= 15 is 0 Å². The van der Waals surface area contributed by atoms with Gasteiger partial charge in [0, 0.05) is 0 Å². The molecule has 2 aromatic carbocycles. The molecule has 0 aliphatic carbocycles. The van der Waals surface area contributed by atoms with E-state index in [0.717, 1.165) is 6.42 Å². The Balaban J connectivity index is 2.28. The van der Waals surface area contributed by atoms with Gasteiger partial charge >= 0.3 is 0 Å². The SMILES string of the molecule is CNC(c1ccccc1)c1cccc(CC(C)C)c1. The van der Waals surface area contributed by atoms with Gasteiger partial charge in [0.25, 0.3) is 0 Å². The molecule has 1 atom stereocenters. The van der Waals surface area contributed by atoms with Crippen molar-refractivity contribution in [2.24, 2.45) is 5.92 Å². The summed E-state index contributed by atoms with van der Waals surface area (Å²) < 4.78 is 0. The van der Waals surface area contributed by atoms with E-state index in [1.165, 1.54) is 16.7 Å². The third-order valence-electron chi connectivity index (χ3n) is 3.35. The van der Waals surface area contributed by atoms with Crippen molar-refractivity contribution in [1.29, 1.82) is 0 Å². The molecule has 0 radical (unpaired) electrons. The number of hydrogen-bond acceptors (Lipinski definition) is 1. The first-order valence-corrected chi connectivity index (χ1v) is 7.01. The normalized spacial score (nSPS) is 12.6. The topological polar surface area (TPSA) is 12.0 Å². The van der Waals surface area contributed by atoms with Crippen molar-refractivity contribution in [2.45, 2.75) is 26.3 Å². The lowest BCUT2D eigenvalue weighted by Crippen LogP contribution is -2.17. The molecule has 0 fully saturated rings. The lowest BCUT2D eigenvalue weighted by Gasteiger charge is -2.18. The average molecular weight is 253 g/mol. The first-order chi connectivity index (χ1) is 9.20. The molecule has 0 aromatic heterocycles. The van der Waals surface area contributed by atoms with Crippen LogP contribution >= 0.6 is 0 Å². The molecule has 0 heterocycles. The second-order valence-electron chi connectivity index (χ2n) is 5.48. The van der Waals surface area contributed by atoms with Crippen molar-refractivity contribution in [3.63, 3.8) is 0 Å². The second-order valence-corrected chi connectivity index (χ2v) is 5.48. The summed E-state index contributed by atoms with van der Waals surface area (Å²) in [7, 11) is 2.02. The lowest BCUT2D eigenvalue weighted by molar-refractivity contribution is 0.643.